The van der Waals surface area contributed by atoms with Crippen LogP contribution in [0.15, 0.2) is 29.2 Å². The summed E-state index contributed by atoms with van der Waals surface area (Å²) in [6.45, 7) is 1.58. The number of nitrogens with zero attached hydrogens (tertiary/aromatic N) is 4. The van der Waals surface area contributed by atoms with Gasteiger partial charge >= 0.3 is 5.97 Å². The van der Waals surface area contributed by atoms with Crippen LogP contribution in [0, 0.1) is 6.92 Å². The normalized spacial score (nSPS) is 10.9. The lowest BCUT2D eigenvalue weighted by Crippen LogP contribution is -1.95. The van der Waals surface area contributed by atoms with Gasteiger partial charge in [-0.3, -0.25) is 4.98 Å². The summed E-state index contributed by atoms with van der Waals surface area (Å²) in [5, 5.41) is 13.0. The lowest BCUT2D eigenvalue weighted by molar-refractivity contribution is 0.0662. The van der Waals surface area contributed by atoms with Crippen LogP contribution in [0.5, 0.6) is 0 Å². The molecule has 7 nitrogen and oxygen atoms in total. The average Bonchev–Trinajstić information content (AvgIpc) is 2.92. The summed E-state index contributed by atoms with van der Waals surface area (Å²) >= 11 is 0. The van der Waals surface area contributed by atoms with Crippen molar-refractivity contribution in [2.75, 3.05) is 0 Å². The van der Waals surface area contributed by atoms with E-state index in [9.17, 15) is 4.79 Å². The molecule has 0 fully saturated rings. The standard InChI is InChI=1S/C11H8N4O3/c1-6-9(11(16)17)18-10(14-6)7-4-13-15-3-2-12-5-8(7)15/h2-5H,1H3,(H,16,17). The minimum absolute atomic E-state index is 0.159. The third-order valence-electron chi connectivity index (χ3n) is 2.55. The van der Waals surface area contributed by atoms with Gasteiger partial charge in [-0.2, -0.15) is 5.10 Å². The van der Waals surface area contributed by atoms with E-state index in [0.29, 0.717) is 16.8 Å². The molecule has 18 heavy (non-hydrogen) atoms. The zero-order chi connectivity index (χ0) is 12.7. The van der Waals surface area contributed by atoms with Crippen LogP contribution in [-0.2, 0) is 0 Å². The first-order valence-electron chi connectivity index (χ1n) is 5.15. The van der Waals surface area contributed by atoms with E-state index in [1.165, 1.54) is 0 Å². The number of aromatic nitrogens is 4. The van der Waals surface area contributed by atoms with Crippen molar-refractivity contribution in [1.29, 1.82) is 0 Å². The summed E-state index contributed by atoms with van der Waals surface area (Å²) in [5.74, 6) is -1.07. The summed E-state index contributed by atoms with van der Waals surface area (Å²) in [7, 11) is 0. The van der Waals surface area contributed by atoms with Crippen molar-refractivity contribution < 1.29 is 14.3 Å². The Labute approximate surface area is 101 Å². The third-order valence-corrected chi connectivity index (χ3v) is 2.55. The third kappa shape index (κ3) is 1.45. The van der Waals surface area contributed by atoms with Gasteiger partial charge in [0.05, 0.1) is 29.2 Å². The van der Waals surface area contributed by atoms with Crippen LogP contribution in [-0.4, -0.2) is 30.7 Å². The molecule has 7 heteroatoms. The van der Waals surface area contributed by atoms with Crippen molar-refractivity contribution in [3.63, 3.8) is 0 Å². The molecule has 0 aliphatic carbocycles. The molecule has 0 amide bonds. The molecular weight excluding hydrogens is 236 g/mol. The smallest absolute Gasteiger partial charge is 0.373 e. The monoisotopic (exact) mass is 244 g/mol. The highest BCUT2D eigenvalue weighted by atomic mass is 16.4. The zero-order valence-corrected chi connectivity index (χ0v) is 9.36. The van der Waals surface area contributed by atoms with E-state index in [0.717, 1.165) is 0 Å². The first kappa shape index (κ1) is 10.5. The van der Waals surface area contributed by atoms with Gasteiger partial charge in [0.2, 0.25) is 11.7 Å². The molecular formula is C11H8N4O3. The largest absolute Gasteiger partial charge is 0.475 e. The minimum Gasteiger partial charge on any atom is -0.475 e. The maximum absolute atomic E-state index is 10.9. The number of carbonyl (C=O) groups is 1. The molecule has 0 aliphatic heterocycles. The molecule has 0 spiro atoms. The molecule has 0 unspecified atom stereocenters. The van der Waals surface area contributed by atoms with Gasteiger partial charge in [0.15, 0.2) is 0 Å². The summed E-state index contributed by atoms with van der Waals surface area (Å²) in [4.78, 5) is 19.0. The molecule has 0 bridgehead atoms. The van der Waals surface area contributed by atoms with Crippen molar-refractivity contribution >= 4 is 11.5 Å². The van der Waals surface area contributed by atoms with Gasteiger partial charge in [0.25, 0.3) is 0 Å². The van der Waals surface area contributed by atoms with Crippen molar-refractivity contribution in [2.24, 2.45) is 0 Å². The predicted octanol–water partition coefficient (Wildman–Crippen LogP) is 1.39. The number of hydrogen-bond donors (Lipinski definition) is 1. The van der Waals surface area contributed by atoms with Crippen molar-refractivity contribution in [2.45, 2.75) is 6.92 Å². The van der Waals surface area contributed by atoms with Gasteiger partial charge in [-0.05, 0) is 6.92 Å². The second-order valence-electron chi connectivity index (χ2n) is 3.70. The van der Waals surface area contributed by atoms with E-state index < -0.39 is 5.97 Å². The van der Waals surface area contributed by atoms with Gasteiger partial charge in [0.1, 0.15) is 0 Å². The topological polar surface area (TPSA) is 93.5 Å². The van der Waals surface area contributed by atoms with Crippen molar-refractivity contribution in [3.8, 4) is 11.5 Å². The molecule has 90 valence electrons. The Morgan fingerprint density at radius 2 is 2.28 bits per heavy atom. The second kappa shape index (κ2) is 3.66. The van der Waals surface area contributed by atoms with E-state index >= 15 is 0 Å². The Bertz CT molecular complexity index is 744. The number of rotatable bonds is 2. The fourth-order valence-electron chi connectivity index (χ4n) is 1.71. The molecule has 3 aromatic heterocycles. The van der Waals surface area contributed by atoms with Gasteiger partial charge in [-0.15, -0.1) is 0 Å². The number of carboxylic acid groups (broad SMARTS) is 1. The van der Waals surface area contributed by atoms with Crippen molar-refractivity contribution in [1.82, 2.24) is 19.6 Å². The first-order chi connectivity index (χ1) is 8.66. The van der Waals surface area contributed by atoms with Crippen LogP contribution in [0.3, 0.4) is 0 Å². The molecule has 0 radical (unpaired) electrons. The van der Waals surface area contributed by atoms with E-state index in [1.54, 1.807) is 36.2 Å². The van der Waals surface area contributed by atoms with Crippen LogP contribution >= 0.6 is 0 Å². The summed E-state index contributed by atoms with van der Waals surface area (Å²) in [6, 6.07) is 0. The van der Waals surface area contributed by atoms with Crippen molar-refractivity contribution in [3.05, 3.63) is 36.2 Å². The lowest BCUT2D eigenvalue weighted by atomic mass is 10.3. The van der Waals surface area contributed by atoms with Crippen LogP contribution in [0.2, 0.25) is 0 Å². The van der Waals surface area contributed by atoms with Gasteiger partial charge in [-0.25, -0.2) is 14.3 Å². The first-order valence-corrected chi connectivity index (χ1v) is 5.15. The lowest BCUT2D eigenvalue weighted by Gasteiger charge is -1.92. The zero-order valence-electron chi connectivity index (χ0n) is 9.36. The Hall–Kier alpha value is -2.70. The quantitative estimate of drug-likeness (QED) is 0.732. The highest BCUT2D eigenvalue weighted by molar-refractivity contribution is 5.86. The Morgan fingerprint density at radius 1 is 1.44 bits per heavy atom. The van der Waals surface area contributed by atoms with Crippen LogP contribution in [0.1, 0.15) is 16.2 Å². The molecule has 0 aliphatic rings. The molecule has 3 rings (SSSR count). The van der Waals surface area contributed by atoms with E-state index in [4.69, 9.17) is 9.52 Å². The second-order valence-corrected chi connectivity index (χ2v) is 3.70. The maximum atomic E-state index is 10.9. The van der Waals surface area contributed by atoms with Crippen LogP contribution < -0.4 is 0 Å². The highest BCUT2D eigenvalue weighted by Gasteiger charge is 2.19. The Kier molecular flexibility index (Phi) is 2.12. The number of fused-ring (bicyclic) bond motifs is 1. The van der Waals surface area contributed by atoms with Crippen LogP contribution in [0.4, 0.5) is 0 Å². The Morgan fingerprint density at radius 3 is 3.00 bits per heavy atom. The average molecular weight is 244 g/mol. The fraction of sp³-hybridized carbons (Fsp3) is 0.0909. The predicted molar refractivity (Wildman–Crippen MR) is 60.2 cm³/mol. The van der Waals surface area contributed by atoms with E-state index in [-0.39, 0.29) is 11.7 Å². The minimum atomic E-state index is -1.14. The number of aromatic carboxylic acids is 1. The molecule has 3 heterocycles. The highest BCUT2D eigenvalue weighted by Crippen LogP contribution is 2.25. The number of aryl methyl sites for hydroxylation is 1. The molecule has 0 atom stereocenters. The molecule has 3 aromatic rings. The van der Waals surface area contributed by atoms with Gasteiger partial charge in [-0.1, -0.05) is 0 Å². The molecule has 1 N–H and O–H groups in total. The van der Waals surface area contributed by atoms with Crippen LogP contribution in [0.25, 0.3) is 17.0 Å². The summed E-state index contributed by atoms with van der Waals surface area (Å²) < 4.78 is 6.85. The number of oxazole rings is 1. The number of hydrogen-bond acceptors (Lipinski definition) is 5. The maximum Gasteiger partial charge on any atom is 0.373 e. The fourth-order valence-corrected chi connectivity index (χ4v) is 1.71. The van der Waals surface area contributed by atoms with Gasteiger partial charge < -0.3 is 9.52 Å². The number of carboxylic acids is 1. The van der Waals surface area contributed by atoms with E-state index in [1.807, 2.05) is 0 Å². The van der Waals surface area contributed by atoms with Gasteiger partial charge in [0, 0.05) is 12.4 Å². The molecule has 0 aromatic carbocycles. The van der Waals surface area contributed by atoms with E-state index in [2.05, 4.69) is 15.1 Å². The summed E-state index contributed by atoms with van der Waals surface area (Å²) in [5.41, 5.74) is 1.65. The molecule has 0 saturated carbocycles. The SMILES string of the molecule is Cc1nc(-c2cnn3ccncc23)oc1C(=O)O. The summed E-state index contributed by atoms with van der Waals surface area (Å²) in [6.07, 6.45) is 6.47. The molecule has 0 saturated heterocycles. The Balaban J connectivity index is 2.20.